The second kappa shape index (κ2) is 8.51. The number of aryl methyl sites for hydroxylation is 1. The Morgan fingerprint density at radius 3 is 2.54 bits per heavy atom. The number of nitrogens with zero attached hydrogens (tertiary/aromatic N) is 5. The van der Waals surface area contributed by atoms with Crippen LogP contribution >= 0.6 is 0 Å². The summed E-state index contributed by atoms with van der Waals surface area (Å²) in [7, 11) is 1.68. The zero-order valence-corrected chi connectivity index (χ0v) is 18.4. The van der Waals surface area contributed by atoms with Gasteiger partial charge in [0.05, 0.1) is 29.4 Å². The van der Waals surface area contributed by atoms with Crippen molar-refractivity contribution < 1.29 is 23.1 Å². The Kier molecular flexibility index (Phi) is 5.48. The minimum absolute atomic E-state index is 0.323. The molecule has 0 saturated heterocycles. The molecule has 2 N–H and O–H groups in total. The van der Waals surface area contributed by atoms with Gasteiger partial charge in [0.2, 0.25) is 0 Å². The molecule has 1 amide bonds. The minimum Gasteiger partial charge on any atom is -0.394 e. The van der Waals surface area contributed by atoms with Gasteiger partial charge in [0, 0.05) is 29.9 Å². The molecule has 11 heteroatoms. The molecule has 178 valence electrons. The molecule has 0 saturated carbocycles. The van der Waals surface area contributed by atoms with Crippen molar-refractivity contribution in [2.45, 2.75) is 12.2 Å². The van der Waals surface area contributed by atoms with Gasteiger partial charge in [-0.05, 0) is 54.6 Å². The van der Waals surface area contributed by atoms with E-state index in [9.17, 15) is 23.1 Å². The van der Waals surface area contributed by atoms with Gasteiger partial charge in [-0.1, -0.05) is 11.3 Å². The number of amides is 1. The van der Waals surface area contributed by atoms with Gasteiger partial charge in [0.25, 0.3) is 5.91 Å². The number of aliphatic hydroxyl groups excluding tert-OH is 1. The summed E-state index contributed by atoms with van der Waals surface area (Å²) in [5, 5.41) is 21.4. The van der Waals surface area contributed by atoms with Crippen molar-refractivity contribution in [2.24, 2.45) is 7.05 Å². The minimum atomic E-state index is -4.44. The number of fused-ring (bicyclic) bond motifs is 3. The Balaban J connectivity index is 1.56. The Labute approximate surface area is 196 Å². The van der Waals surface area contributed by atoms with E-state index in [1.807, 2.05) is 0 Å². The standard InChI is InChI=1S/C24H19F3N6O2/c1-32-23-21(30-31-32)17-12-14(22(35)29-19(13-34)18-4-2-3-11-28-18)5-10-20(17)33(23)16-8-6-15(7-9-16)24(25,26)27/h2-12,19,34H,13H2,1H3,(H,29,35). The van der Waals surface area contributed by atoms with Crippen molar-refractivity contribution in [3.63, 3.8) is 0 Å². The Morgan fingerprint density at radius 1 is 1.11 bits per heavy atom. The lowest BCUT2D eigenvalue weighted by atomic mass is 10.1. The fourth-order valence-corrected chi connectivity index (χ4v) is 4.05. The number of rotatable bonds is 5. The van der Waals surface area contributed by atoms with Gasteiger partial charge in [0.15, 0.2) is 5.65 Å². The van der Waals surface area contributed by atoms with Crippen molar-refractivity contribution in [1.29, 1.82) is 0 Å². The largest absolute Gasteiger partial charge is 0.416 e. The smallest absolute Gasteiger partial charge is 0.394 e. The molecule has 0 radical (unpaired) electrons. The molecule has 1 atom stereocenters. The predicted octanol–water partition coefficient (Wildman–Crippen LogP) is 3.79. The number of halogens is 3. The van der Waals surface area contributed by atoms with Crippen LogP contribution in [0.15, 0.2) is 66.9 Å². The highest BCUT2D eigenvalue weighted by molar-refractivity contribution is 6.09. The lowest BCUT2D eigenvalue weighted by molar-refractivity contribution is -0.137. The van der Waals surface area contributed by atoms with Crippen LogP contribution in [0.4, 0.5) is 13.2 Å². The van der Waals surface area contributed by atoms with Crippen LogP contribution < -0.4 is 5.32 Å². The molecule has 8 nitrogen and oxygen atoms in total. The molecule has 0 aliphatic rings. The van der Waals surface area contributed by atoms with Crippen LogP contribution in [-0.2, 0) is 13.2 Å². The van der Waals surface area contributed by atoms with Gasteiger partial charge < -0.3 is 10.4 Å². The molecule has 0 fully saturated rings. The summed E-state index contributed by atoms with van der Waals surface area (Å²) in [6.07, 6.45) is -2.87. The van der Waals surface area contributed by atoms with Crippen molar-refractivity contribution in [3.05, 3.63) is 83.7 Å². The van der Waals surface area contributed by atoms with E-state index in [0.717, 1.165) is 12.1 Å². The lowest BCUT2D eigenvalue weighted by Crippen LogP contribution is -2.31. The number of hydrogen-bond donors (Lipinski definition) is 2. The maximum atomic E-state index is 13.0. The van der Waals surface area contributed by atoms with Crippen LogP contribution in [-0.4, -0.2) is 42.2 Å². The number of nitrogens with one attached hydrogen (secondary N) is 1. The molecule has 2 aromatic carbocycles. The van der Waals surface area contributed by atoms with E-state index in [1.165, 1.54) is 16.8 Å². The van der Waals surface area contributed by atoms with E-state index in [2.05, 4.69) is 20.6 Å². The van der Waals surface area contributed by atoms with E-state index in [1.54, 1.807) is 54.2 Å². The second-order valence-electron chi connectivity index (χ2n) is 7.96. The van der Waals surface area contributed by atoms with E-state index < -0.39 is 23.7 Å². The molecule has 5 rings (SSSR count). The quantitative estimate of drug-likeness (QED) is 0.399. The predicted molar refractivity (Wildman–Crippen MR) is 122 cm³/mol. The fourth-order valence-electron chi connectivity index (χ4n) is 4.05. The van der Waals surface area contributed by atoms with Crippen LogP contribution in [0, 0.1) is 0 Å². The topological polar surface area (TPSA) is 97.9 Å². The van der Waals surface area contributed by atoms with Crippen LogP contribution in [0.5, 0.6) is 0 Å². The molecule has 5 aromatic rings. The zero-order valence-electron chi connectivity index (χ0n) is 18.4. The summed E-state index contributed by atoms with van der Waals surface area (Å²) in [4.78, 5) is 17.2. The second-order valence-corrected chi connectivity index (χ2v) is 7.96. The summed E-state index contributed by atoms with van der Waals surface area (Å²) in [5.41, 5.74) is 2.32. The number of aromatic nitrogens is 5. The maximum Gasteiger partial charge on any atom is 0.416 e. The highest BCUT2D eigenvalue weighted by atomic mass is 19.4. The van der Waals surface area contributed by atoms with Crippen molar-refractivity contribution in [1.82, 2.24) is 29.9 Å². The molecule has 3 aromatic heterocycles. The summed E-state index contributed by atoms with van der Waals surface area (Å²) in [5.74, 6) is -0.420. The molecule has 0 aliphatic carbocycles. The van der Waals surface area contributed by atoms with Crippen molar-refractivity contribution >= 4 is 28.0 Å². The average Bonchev–Trinajstić information content (AvgIpc) is 3.39. The monoisotopic (exact) mass is 480 g/mol. The van der Waals surface area contributed by atoms with Gasteiger partial charge in [-0.2, -0.15) is 13.2 Å². The van der Waals surface area contributed by atoms with Crippen LogP contribution in [0.3, 0.4) is 0 Å². The van der Waals surface area contributed by atoms with E-state index in [0.29, 0.717) is 39.0 Å². The molecular weight excluding hydrogens is 461 g/mol. The Bertz CT molecular complexity index is 1520. The van der Waals surface area contributed by atoms with Crippen molar-refractivity contribution in [3.8, 4) is 5.69 Å². The average molecular weight is 480 g/mol. The van der Waals surface area contributed by atoms with Crippen LogP contribution in [0.2, 0.25) is 0 Å². The molecule has 35 heavy (non-hydrogen) atoms. The number of alkyl halides is 3. The van der Waals surface area contributed by atoms with Crippen LogP contribution in [0.1, 0.15) is 27.7 Å². The Hall–Kier alpha value is -4.25. The number of aliphatic hydroxyl groups is 1. The molecule has 3 heterocycles. The van der Waals surface area contributed by atoms with Gasteiger partial charge >= 0.3 is 6.18 Å². The first-order valence-corrected chi connectivity index (χ1v) is 10.6. The first-order chi connectivity index (χ1) is 16.8. The first-order valence-electron chi connectivity index (χ1n) is 10.6. The summed E-state index contributed by atoms with van der Waals surface area (Å²) in [6, 6.07) is 14.3. The first kappa shape index (κ1) is 22.5. The third-order valence-electron chi connectivity index (χ3n) is 5.75. The number of benzene rings is 2. The number of hydrogen-bond acceptors (Lipinski definition) is 5. The fraction of sp³-hybridized carbons (Fsp3) is 0.167. The molecule has 1 unspecified atom stereocenters. The summed E-state index contributed by atoms with van der Waals surface area (Å²) >= 11 is 0. The number of carbonyl (C=O) groups is 1. The molecular formula is C24H19F3N6O2. The highest BCUT2D eigenvalue weighted by Gasteiger charge is 2.30. The Morgan fingerprint density at radius 2 is 1.89 bits per heavy atom. The summed E-state index contributed by atoms with van der Waals surface area (Å²) in [6.45, 7) is -0.330. The van der Waals surface area contributed by atoms with Crippen molar-refractivity contribution in [2.75, 3.05) is 6.61 Å². The van der Waals surface area contributed by atoms with Gasteiger partial charge in [-0.25, -0.2) is 4.68 Å². The normalized spacial score (nSPS) is 12.8. The lowest BCUT2D eigenvalue weighted by Gasteiger charge is -2.16. The van der Waals surface area contributed by atoms with Gasteiger partial charge in [-0.3, -0.25) is 14.3 Å². The SMILES string of the molecule is Cn1nnc2c3cc(C(=O)NC(CO)c4ccccn4)ccc3n(-c3ccc(C(F)(F)F)cc3)c21. The number of carbonyl (C=O) groups excluding carboxylic acids is 1. The third-order valence-corrected chi connectivity index (χ3v) is 5.75. The van der Waals surface area contributed by atoms with E-state index >= 15 is 0 Å². The highest BCUT2D eigenvalue weighted by Crippen LogP contribution is 2.33. The van der Waals surface area contributed by atoms with E-state index in [4.69, 9.17) is 0 Å². The summed E-state index contributed by atoms with van der Waals surface area (Å²) < 4.78 is 42.4. The van der Waals surface area contributed by atoms with Crippen LogP contribution in [0.25, 0.3) is 27.8 Å². The molecule has 0 spiro atoms. The third kappa shape index (κ3) is 3.99. The number of pyridine rings is 1. The zero-order chi connectivity index (χ0) is 24.7. The van der Waals surface area contributed by atoms with Gasteiger partial charge in [-0.15, -0.1) is 5.10 Å². The van der Waals surface area contributed by atoms with E-state index in [-0.39, 0.29) is 6.61 Å². The molecule has 0 aliphatic heterocycles. The molecule has 0 bridgehead atoms. The van der Waals surface area contributed by atoms with Gasteiger partial charge in [0.1, 0.15) is 5.52 Å². The maximum absolute atomic E-state index is 13.0.